The summed E-state index contributed by atoms with van der Waals surface area (Å²) in [6.45, 7) is 3.89. The van der Waals surface area contributed by atoms with E-state index < -0.39 is 0 Å². The predicted molar refractivity (Wildman–Crippen MR) is 94.9 cm³/mol. The lowest BCUT2D eigenvalue weighted by Crippen LogP contribution is -2.31. The van der Waals surface area contributed by atoms with Crippen LogP contribution in [0.25, 0.3) is 0 Å². The van der Waals surface area contributed by atoms with Crippen LogP contribution in [0.15, 0.2) is 36.5 Å². The zero-order valence-electron chi connectivity index (χ0n) is 14.0. The predicted octanol–water partition coefficient (Wildman–Crippen LogP) is 2.40. The van der Waals surface area contributed by atoms with E-state index >= 15 is 0 Å². The van der Waals surface area contributed by atoms with E-state index in [1.54, 1.807) is 0 Å². The Hall–Kier alpha value is -2.14. The standard InChI is InChI=1S/C18H25N5/c1-22(2)12-5-10-19-18-20-11-8-17(21-18)23-13-9-15-6-3-4-7-16(15)14-23/h3-4,6-8,11H,5,9-10,12-14H2,1-2H3,(H,19,20,21). The van der Waals surface area contributed by atoms with E-state index in [2.05, 4.69) is 63.4 Å². The van der Waals surface area contributed by atoms with Gasteiger partial charge in [0.25, 0.3) is 0 Å². The third-order valence-electron chi connectivity index (χ3n) is 4.16. The Morgan fingerprint density at radius 3 is 2.83 bits per heavy atom. The summed E-state index contributed by atoms with van der Waals surface area (Å²) in [7, 11) is 4.18. The van der Waals surface area contributed by atoms with Gasteiger partial charge in [-0.05, 0) is 50.7 Å². The Labute approximate surface area is 138 Å². The van der Waals surface area contributed by atoms with Gasteiger partial charge in [-0.2, -0.15) is 4.98 Å². The zero-order valence-corrected chi connectivity index (χ0v) is 14.0. The van der Waals surface area contributed by atoms with Crippen LogP contribution in [-0.4, -0.2) is 48.6 Å². The average molecular weight is 311 g/mol. The molecule has 0 amide bonds. The van der Waals surface area contributed by atoms with Crippen LogP contribution in [0.3, 0.4) is 0 Å². The van der Waals surface area contributed by atoms with Gasteiger partial charge in [0.15, 0.2) is 0 Å². The lowest BCUT2D eigenvalue weighted by molar-refractivity contribution is 0.405. The molecule has 0 saturated carbocycles. The Balaban J connectivity index is 1.62. The molecule has 0 fully saturated rings. The minimum Gasteiger partial charge on any atom is -0.354 e. The molecule has 5 nitrogen and oxygen atoms in total. The summed E-state index contributed by atoms with van der Waals surface area (Å²) in [6, 6.07) is 10.7. The van der Waals surface area contributed by atoms with E-state index in [-0.39, 0.29) is 0 Å². The second-order valence-corrected chi connectivity index (χ2v) is 6.26. The summed E-state index contributed by atoms with van der Waals surface area (Å²) < 4.78 is 0. The van der Waals surface area contributed by atoms with Gasteiger partial charge in [-0.25, -0.2) is 4.98 Å². The Morgan fingerprint density at radius 1 is 1.17 bits per heavy atom. The number of anilines is 2. The first kappa shape index (κ1) is 15.7. The van der Waals surface area contributed by atoms with Gasteiger partial charge in [-0.3, -0.25) is 0 Å². The molecule has 23 heavy (non-hydrogen) atoms. The molecule has 0 bridgehead atoms. The van der Waals surface area contributed by atoms with Crippen LogP contribution in [0, 0.1) is 0 Å². The number of nitrogens with one attached hydrogen (secondary N) is 1. The fraction of sp³-hybridized carbons (Fsp3) is 0.444. The lowest BCUT2D eigenvalue weighted by atomic mass is 10.00. The average Bonchev–Trinajstić information content (AvgIpc) is 2.58. The largest absolute Gasteiger partial charge is 0.354 e. The molecule has 3 rings (SSSR count). The summed E-state index contributed by atoms with van der Waals surface area (Å²) in [4.78, 5) is 13.5. The molecule has 0 saturated heterocycles. The van der Waals surface area contributed by atoms with E-state index in [4.69, 9.17) is 0 Å². The third kappa shape index (κ3) is 4.20. The first-order valence-corrected chi connectivity index (χ1v) is 8.26. The summed E-state index contributed by atoms with van der Waals surface area (Å²) in [5.41, 5.74) is 2.86. The molecule has 1 aromatic carbocycles. The fourth-order valence-corrected chi connectivity index (χ4v) is 2.90. The van der Waals surface area contributed by atoms with Crippen molar-refractivity contribution < 1.29 is 0 Å². The van der Waals surface area contributed by atoms with Crippen molar-refractivity contribution in [3.63, 3.8) is 0 Å². The number of benzene rings is 1. The van der Waals surface area contributed by atoms with Crippen molar-refractivity contribution in [2.24, 2.45) is 0 Å². The molecule has 5 heteroatoms. The highest BCUT2D eigenvalue weighted by molar-refractivity contribution is 5.46. The molecule has 1 aromatic heterocycles. The van der Waals surface area contributed by atoms with Crippen LogP contribution in [-0.2, 0) is 13.0 Å². The quantitative estimate of drug-likeness (QED) is 0.830. The highest BCUT2D eigenvalue weighted by Crippen LogP contribution is 2.23. The summed E-state index contributed by atoms with van der Waals surface area (Å²) in [5.74, 6) is 1.73. The number of fused-ring (bicyclic) bond motifs is 1. The molecule has 1 aliphatic heterocycles. The van der Waals surface area contributed by atoms with Crippen molar-refractivity contribution >= 4 is 11.8 Å². The van der Waals surface area contributed by atoms with E-state index in [0.29, 0.717) is 0 Å². The van der Waals surface area contributed by atoms with Crippen LogP contribution in [0.4, 0.5) is 11.8 Å². The van der Waals surface area contributed by atoms with Crippen molar-refractivity contribution in [3.8, 4) is 0 Å². The second-order valence-electron chi connectivity index (χ2n) is 6.26. The van der Waals surface area contributed by atoms with Gasteiger partial charge in [-0.15, -0.1) is 0 Å². The molecule has 0 unspecified atom stereocenters. The molecule has 0 aliphatic carbocycles. The van der Waals surface area contributed by atoms with Crippen molar-refractivity contribution in [1.29, 1.82) is 0 Å². The highest BCUT2D eigenvalue weighted by Gasteiger charge is 2.17. The maximum absolute atomic E-state index is 4.68. The molecule has 0 radical (unpaired) electrons. The minimum atomic E-state index is 0.722. The number of nitrogens with zero attached hydrogens (tertiary/aromatic N) is 4. The van der Waals surface area contributed by atoms with Crippen molar-refractivity contribution in [2.75, 3.05) is 43.9 Å². The topological polar surface area (TPSA) is 44.3 Å². The Bertz CT molecular complexity index is 641. The minimum absolute atomic E-state index is 0.722. The molecule has 2 heterocycles. The SMILES string of the molecule is CN(C)CCCNc1nccc(N2CCc3ccccc3C2)n1. The lowest BCUT2D eigenvalue weighted by Gasteiger charge is -2.29. The zero-order chi connectivity index (χ0) is 16.1. The van der Waals surface area contributed by atoms with Gasteiger partial charge < -0.3 is 15.1 Å². The van der Waals surface area contributed by atoms with Gasteiger partial charge in [0, 0.05) is 25.8 Å². The molecule has 1 N–H and O–H groups in total. The normalized spacial score (nSPS) is 14.0. The Morgan fingerprint density at radius 2 is 2.00 bits per heavy atom. The van der Waals surface area contributed by atoms with Gasteiger partial charge in [0.2, 0.25) is 5.95 Å². The first-order valence-electron chi connectivity index (χ1n) is 8.26. The van der Waals surface area contributed by atoms with Crippen LogP contribution in [0.1, 0.15) is 17.5 Å². The molecule has 1 aliphatic rings. The van der Waals surface area contributed by atoms with E-state index in [1.165, 1.54) is 11.1 Å². The third-order valence-corrected chi connectivity index (χ3v) is 4.16. The van der Waals surface area contributed by atoms with Crippen LogP contribution in [0.5, 0.6) is 0 Å². The van der Waals surface area contributed by atoms with Crippen molar-refractivity contribution in [1.82, 2.24) is 14.9 Å². The smallest absolute Gasteiger partial charge is 0.224 e. The highest BCUT2D eigenvalue weighted by atomic mass is 15.2. The summed E-state index contributed by atoms with van der Waals surface area (Å²) in [5, 5.41) is 3.32. The van der Waals surface area contributed by atoms with Gasteiger partial charge in [0.05, 0.1) is 0 Å². The first-order chi connectivity index (χ1) is 11.2. The molecule has 122 valence electrons. The van der Waals surface area contributed by atoms with Gasteiger partial charge in [-0.1, -0.05) is 24.3 Å². The molecule has 2 aromatic rings. The number of rotatable bonds is 6. The maximum atomic E-state index is 4.68. The second kappa shape index (κ2) is 7.42. The number of hydrogen-bond donors (Lipinski definition) is 1. The van der Waals surface area contributed by atoms with Crippen molar-refractivity contribution in [3.05, 3.63) is 47.7 Å². The van der Waals surface area contributed by atoms with Crippen LogP contribution in [0.2, 0.25) is 0 Å². The number of hydrogen-bond acceptors (Lipinski definition) is 5. The van der Waals surface area contributed by atoms with Gasteiger partial charge >= 0.3 is 0 Å². The van der Waals surface area contributed by atoms with Crippen LogP contribution < -0.4 is 10.2 Å². The van der Waals surface area contributed by atoms with E-state index in [9.17, 15) is 0 Å². The van der Waals surface area contributed by atoms with E-state index in [0.717, 1.165) is 50.8 Å². The molecular formula is C18H25N5. The summed E-state index contributed by atoms with van der Waals surface area (Å²) >= 11 is 0. The summed E-state index contributed by atoms with van der Waals surface area (Å²) in [6.07, 6.45) is 4.00. The Kier molecular flexibility index (Phi) is 5.08. The fourth-order valence-electron chi connectivity index (χ4n) is 2.90. The van der Waals surface area contributed by atoms with E-state index in [1.807, 2.05) is 12.3 Å². The molecule has 0 atom stereocenters. The van der Waals surface area contributed by atoms with Crippen molar-refractivity contribution in [2.45, 2.75) is 19.4 Å². The van der Waals surface area contributed by atoms with Gasteiger partial charge in [0.1, 0.15) is 5.82 Å². The molecule has 0 spiro atoms. The maximum Gasteiger partial charge on any atom is 0.224 e. The monoisotopic (exact) mass is 311 g/mol. The van der Waals surface area contributed by atoms with Crippen LogP contribution >= 0.6 is 0 Å². The number of aromatic nitrogens is 2. The molecular weight excluding hydrogens is 286 g/mol.